The molecule has 0 N–H and O–H groups in total. The maximum absolute atomic E-state index is 8.71. The molecule has 90 valence electrons. The molecule has 1 fully saturated rings. The van der Waals surface area contributed by atoms with Gasteiger partial charge in [0.15, 0.2) is 0 Å². The molecule has 0 radical (unpaired) electrons. The molecular formula is C13H18N4. The highest BCUT2D eigenvalue weighted by Crippen LogP contribution is 2.18. The molecule has 0 aliphatic carbocycles. The molecule has 0 spiro atoms. The average molecular weight is 230 g/mol. The number of anilines is 1. The monoisotopic (exact) mass is 230 g/mol. The Labute approximate surface area is 102 Å². The van der Waals surface area contributed by atoms with Crippen LogP contribution in [0, 0.1) is 11.3 Å². The second kappa shape index (κ2) is 5.15. The Kier molecular flexibility index (Phi) is 3.60. The van der Waals surface area contributed by atoms with Crippen LogP contribution in [0.2, 0.25) is 0 Å². The molecule has 1 aromatic rings. The van der Waals surface area contributed by atoms with E-state index in [1.165, 1.54) is 0 Å². The van der Waals surface area contributed by atoms with Crippen molar-refractivity contribution in [2.45, 2.75) is 19.9 Å². The quantitative estimate of drug-likeness (QED) is 0.772. The lowest BCUT2D eigenvalue weighted by atomic mass is 10.2. The summed E-state index contributed by atoms with van der Waals surface area (Å²) in [7, 11) is 0. The van der Waals surface area contributed by atoms with Crippen molar-refractivity contribution in [2.24, 2.45) is 0 Å². The second-order valence-corrected chi connectivity index (χ2v) is 4.44. The third-order valence-corrected chi connectivity index (χ3v) is 3.40. The molecule has 0 aromatic carbocycles. The van der Waals surface area contributed by atoms with E-state index in [4.69, 9.17) is 5.26 Å². The minimum Gasteiger partial charge on any atom is -0.367 e. The van der Waals surface area contributed by atoms with E-state index >= 15 is 0 Å². The van der Waals surface area contributed by atoms with Crippen molar-refractivity contribution in [1.29, 1.82) is 5.26 Å². The molecule has 0 bridgehead atoms. The molecule has 4 nitrogen and oxygen atoms in total. The fraction of sp³-hybridized carbons (Fsp3) is 0.538. The van der Waals surface area contributed by atoms with Crippen molar-refractivity contribution in [3.63, 3.8) is 0 Å². The van der Waals surface area contributed by atoms with Crippen molar-refractivity contribution < 1.29 is 0 Å². The van der Waals surface area contributed by atoms with Gasteiger partial charge in [0.1, 0.15) is 11.8 Å². The van der Waals surface area contributed by atoms with E-state index in [0.29, 0.717) is 11.7 Å². The van der Waals surface area contributed by atoms with Gasteiger partial charge in [0.2, 0.25) is 0 Å². The molecule has 1 aromatic heterocycles. The lowest BCUT2D eigenvalue weighted by Gasteiger charge is -2.40. The third kappa shape index (κ3) is 2.56. The predicted octanol–water partition coefficient (Wildman–Crippen LogP) is 1.48. The van der Waals surface area contributed by atoms with Gasteiger partial charge in [-0.3, -0.25) is 4.90 Å². The first-order valence-electron chi connectivity index (χ1n) is 6.09. The summed E-state index contributed by atoms with van der Waals surface area (Å²) in [6.45, 7) is 8.73. The number of rotatable bonds is 2. The molecule has 1 atom stereocenters. The van der Waals surface area contributed by atoms with Crippen LogP contribution in [-0.4, -0.2) is 42.1 Å². The van der Waals surface area contributed by atoms with Gasteiger partial charge in [-0.1, -0.05) is 6.92 Å². The van der Waals surface area contributed by atoms with E-state index in [2.05, 4.69) is 28.6 Å². The number of aromatic nitrogens is 1. The summed E-state index contributed by atoms with van der Waals surface area (Å²) in [5, 5.41) is 8.71. The zero-order valence-electron chi connectivity index (χ0n) is 10.4. The molecular weight excluding hydrogens is 212 g/mol. The Morgan fingerprint density at radius 2 is 2.29 bits per heavy atom. The van der Waals surface area contributed by atoms with Crippen LogP contribution in [0.25, 0.3) is 0 Å². The molecule has 2 rings (SSSR count). The van der Waals surface area contributed by atoms with Crippen LogP contribution in [-0.2, 0) is 0 Å². The van der Waals surface area contributed by atoms with E-state index in [0.717, 1.165) is 31.9 Å². The molecule has 0 amide bonds. The van der Waals surface area contributed by atoms with Crippen LogP contribution >= 0.6 is 0 Å². The van der Waals surface area contributed by atoms with Gasteiger partial charge < -0.3 is 4.90 Å². The molecule has 1 unspecified atom stereocenters. The molecule has 17 heavy (non-hydrogen) atoms. The highest BCUT2D eigenvalue weighted by atomic mass is 15.3. The zero-order chi connectivity index (χ0) is 12.3. The van der Waals surface area contributed by atoms with Gasteiger partial charge in [0.25, 0.3) is 0 Å². The van der Waals surface area contributed by atoms with E-state index in [1.54, 1.807) is 12.3 Å². The van der Waals surface area contributed by atoms with Crippen LogP contribution in [0.4, 0.5) is 5.69 Å². The standard InChI is InChI=1S/C13H18N4/c1-3-16-6-7-17(10-11(16)2)13-5-4-12(8-14)15-9-13/h4-5,9,11H,3,6-7,10H2,1-2H3. The van der Waals surface area contributed by atoms with Crippen molar-refractivity contribution in [1.82, 2.24) is 9.88 Å². The third-order valence-electron chi connectivity index (χ3n) is 3.40. The minimum absolute atomic E-state index is 0.481. The maximum atomic E-state index is 8.71. The van der Waals surface area contributed by atoms with Gasteiger partial charge >= 0.3 is 0 Å². The predicted molar refractivity (Wildman–Crippen MR) is 67.9 cm³/mol. The van der Waals surface area contributed by atoms with E-state index < -0.39 is 0 Å². The van der Waals surface area contributed by atoms with Crippen molar-refractivity contribution in [2.75, 3.05) is 31.1 Å². The Hall–Kier alpha value is -1.60. The summed E-state index contributed by atoms with van der Waals surface area (Å²) in [5.41, 5.74) is 1.60. The molecule has 1 aliphatic rings. The topological polar surface area (TPSA) is 43.2 Å². The first kappa shape index (κ1) is 11.9. The van der Waals surface area contributed by atoms with Crippen molar-refractivity contribution >= 4 is 5.69 Å². The highest BCUT2D eigenvalue weighted by Gasteiger charge is 2.22. The average Bonchev–Trinajstić information content (AvgIpc) is 2.39. The number of hydrogen-bond acceptors (Lipinski definition) is 4. The van der Waals surface area contributed by atoms with Crippen molar-refractivity contribution in [3.8, 4) is 6.07 Å². The lowest BCUT2D eigenvalue weighted by molar-refractivity contribution is 0.199. The Morgan fingerprint density at radius 1 is 1.47 bits per heavy atom. The Bertz CT molecular complexity index is 406. The second-order valence-electron chi connectivity index (χ2n) is 4.44. The summed E-state index contributed by atoms with van der Waals surface area (Å²) in [6, 6.07) is 6.39. The largest absolute Gasteiger partial charge is 0.367 e. The minimum atomic E-state index is 0.481. The highest BCUT2D eigenvalue weighted by molar-refractivity contribution is 5.46. The zero-order valence-corrected chi connectivity index (χ0v) is 10.4. The van der Waals surface area contributed by atoms with E-state index in [9.17, 15) is 0 Å². The first-order chi connectivity index (χ1) is 8.24. The molecule has 1 saturated heterocycles. The first-order valence-corrected chi connectivity index (χ1v) is 6.09. The number of nitriles is 1. The van der Waals surface area contributed by atoms with Gasteiger partial charge in [-0.25, -0.2) is 4.98 Å². The van der Waals surface area contributed by atoms with Gasteiger partial charge in [-0.05, 0) is 25.6 Å². The summed E-state index contributed by atoms with van der Waals surface area (Å²) in [6.07, 6.45) is 1.80. The fourth-order valence-corrected chi connectivity index (χ4v) is 2.34. The smallest absolute Gasteiger partial charge is 0.140 e. The SMILES string of the molecule is CCN1CCN(c2ccc(C#N)nc2)CC1C. The van der Waals surface area contributed by atoms with Gasteiger partial charge in [-0.2, -0.15) is 5.26 Å². The van der Waals surface area contributed by atoms with Crippen molar-refractivity contribution in [3.05, 3.63) is 24.0 Å². The molecule has 1 aliphatic heterocycles. The molecule has 0 saturated carbocycles. The fourth-order valence-electron chi connectivity index (χ4n) is 2.34. The number of nitrogens with zero attached hydrogens (tertiary/aromatic N) is 4. The number of likely N-dealkylation sites (N-methyl/N-ethyl adjacent to an activating group) is 1. The van der Waals surface area contributed by atoms with Gasteiger partial charge in [-0.15, -0.1) is 0 Å². The van der Waals surface area contributed by atoms with Gasteiger partial charge in [0, 0.05) is 25.7 Å². The number of hydrogen-bond donors (Lipinski definition) is 0. The summed E-state index contributed by atoms with van der Waals surface area (Å²) in [4.78, 5) is 8.94. The molecule has 2 heterocycles. The van der Waals surface area contributed by atoms with Crippen LogP contribution in [0.5, 0.6) is 0 Å². The van der Waals surface area contributed by atoms with Crippen LogP contribution in [0.3, 0.4) is 0 Å². The van der Waals surface area contributed by atoms with Crippen LogP contribution < -0.4 is 4.90 Å². The van der Waals surface area contributed by atoms with Crippen LogP contribution in [0.15, 0.2) is 18.3 Å². The van der Waals surface area contributed by atoms with E-state index in [1.807, 2.05) is 12.1 Å². The maximum Gasteiger partial charge on any atom is 0.140 e. The van der Waals surface area contributed by atoms with Crippen LogP contribution in [0.1, 0.15) is 19.5 Å². The number of pyridine rings is 1. The number of piperazine rings is 1. The summed E-state index contributed by atoms with van der Waals surface area (Å²) < 4.78 is 0. The summed E-state index contributed by atoms with van der Waals surface area (Å²) in [5.74, 6) is 0. The summed E-state index contributed by atoms with van der Waals surface area (Å²) >= 11 is 0. The van der Waals surface area contributed by atoms with E-state index in [-0.39, 0.29) is 0 Å². The Morgan fingerprint density at radius 3 is 2.82 bits per heavy atom. The Balaban J connectivity index is 2.06. The lowest BCUT2D eigenvalue weighted by Crippen LogP contribution is -2.51. The molecule has 4 heteroatoms. The van der Waals surface area contributed by atoms with Gasteiger partial charge in [0.05, 0.1) is 11.9 Å². The normalized spacial score (nSPS) is 21.2.